The Balaban J connectivity index is 2.87. The molecule has 0 aliphatic carbocycles. The van der Waals surface area contributed by atoms with Crippen LogP contribution in [0.4, 0.5) is 0 Å². The summed E-state index contributed by atoms with van der Waals surface area (Å²) in [6.07, 6.45) is 0.853. The summed E-state index contributed by atoms with van der Waals surface area (Å²) < 4.78 is 0.754. The zero-order chi connectivity index (χ0) is 9.14. The van der Waals surface area contributed by atoms with Crippen LogP contribution in [0.2, 0.25) is 4.34 Å². The second-order valence-corrected chi connectivity index (χ2v) is 4.30. The van der Waals surface area contributed by atoms with Crippen molar-refractivity contribution in [3.8, 4) is 0 Å². The highest BCUT2D eigenvalue weighted by Gasteiger charge is 2.13. The number of amidine groups is 1. The molecule has 0 saturated heterocycles. The largest absolute Gasteiger partial charge is 0.387 e. The first-order chi connectivity index (χ1) is 5.65. The molecule has 0 amide bonds. The second-order valence-electron chi connectivity index (χ2n) is 2.56. The molecule has 0 radical (unpaired) electrons. The van der Waals surface area contributed by atoms with E-state index in [4.69, 9.17) is 22.7 Å². The highest BCUT2D eigenvalue weighted by molar-refractivity contribution is 7.16. The average molecular weight is 203 g/mol. The summed E-state index contributed by atoms with van der Waals surface area (Å²) in [5.74, 6) is 0.263. The molecule has 0 fully saturated rings. The van der Waals surface area contributed by atoms with E-state index in [1.807, 2.05) is 19.1 Å². The molecule has 1 aromatic heterocycles. The SMILES string of the molecule is CCC(C(=N)N)c1ccc(Cl)s1. The minimum atomic E-state index is 0.0440. The fraction of sp³-hybridized carbons (Fsp3) is 0.375. The highest BCUT2D eigenvalue weighted by Crippen LogP contribution is 2.29. The molecule has 0 spiro atoms. The number of thiophene rings is 1. The fourth-order valence-electron chi connectivity index (χ4n) is 1.09. The fourth-order valence-corrected chi connectivity index (χ4v) is 2.35. The van der Waals surface area contributed by atoms with E-state index in [0.717, 1.165) is 15.6 Å². The van der Waals surface area contributed by atoms with Crippen LogP contribution in [0.25, 0.3) is 0 Å². The molecule has 1 rings (SSSR count). The molecule has 4 heteroatoms. The third kappa shape index (κ3) is 1.99. The lowest BCUT2D eigenvalue weighted by Gasteiger charge is -2.09. The summed E-state index contributed by atoms with van der Waals surface area (Å²) in [6.45, 7) is 2.01. The van der Waals surface area contributed by atoms with Gasteiger partial charge in [0.1, 0.15) is 0 Å². The van der Waals surface area contributed by atoms with Crippen LogP contribution in [0.5, 0.6) is 0 Å². The van der Waals surface area contributed by atoms with E-state index in [-0.39, 0.29) is 11.8 Å². The maximum atomic E-state index is 7.34. The summed E-state index contributed by atoms with van der Waals surface area (Å²) in [5, 5.41) is 7.34. The highest BCUT2D eigenvalue weighted by atomic mass is 35.5. The summed E-state index contributed by atoms with van der Waals surface area (Å²) in [7, 11) is 0. The molecule has 0 saturated carbocycles. The molecule has 1 aromatic rings. The number of hydrogen-bond donors (Lipinski definition) is 2. The molecule has 0 bridgehead atoms. The van der Waals surface area contributed by atoms with Crippen molar-refractivity contribution in [2.45, 2.75) is 19.3 Å². The molecule has 0 aliphatic heterocycles. The van der Waals surface area contributed by atoms with Crippen molar-refractivity contribution >= 4 is 28.8 Å². The van der Waals surface area contributed by atoms with Gasteiger partial charge in [-0.1, -0.05) is 18.5 Å². The summed E-state index contributed by atoms with van der Waals surface area (Å²) in [5.41, 5.74) is 5.44. The average Bonchev–Trinajstić information content (AvgIpc) is 2.37. The number of hydrogen-bond acceptors (Lipinski definition) is 2. The van der Waals surface area contributed by atoms with Crippen molar-refractivity contribution in [2.75, 3.05) is 0 Å². The smallest absolute Gasteiger partial charge is 0.0990 e. The Hall–Kier alpha value is -0.540. The van der Waals surface area contributed by atoms with Crippen molar-refractivity contribution in [1.29, 1.82) is 5.41 Å². The van der Waals surface area contributed by atoms with E-state index in [0.29, 0.717) is 0 Å². The molecular formula is C8H11ClN2S. The lowest BCUT2D eigenvalue weighted by molar-refractivity contribution is 0.846. The monoisotopic (exact) mass is 202 g/mol. The molecule has 2 nitrogen and oxygen atoms in total. The van der Waals surface area contributed by atoms with Gasteiger partial charge in [-0.2, -0.15) is 0 Å². The summed E-state index contributed by atoms with van der Waals surface area (Å²) in [6, 6.07) is 3.77. The lowest BCUT2D eigenvalue weighted by Crippen LogP contribution is -2.18. The minimum absolute atomic E-state index is 0.0440. The Morgan fingerprint density at radius 2 is 2.42 bits per heavy atom. The van der Waals surface area contributed by atoms with Crippen molar-refractivity contribution in [3.05, 3.63) is 21.3 Å². The van der Waals surface area contributed by atoms with E-state index in [1.54, 1.807) is 0 Å². The van der Waals surface area contributed by atoms with Gasteiger partial charge in [-0.15, -0.1) is 11.3 Å². The summed E-state index contributed by atoms with van der Waals surface area (Å²) in [4.78, 5) is 1.08. The molecule has 66 valence electrons. The second kappa shape index (κ2) is 3.92. The van der Waals surface area contributed by atoms with Gasteiger partial charge < -0.3 is 5.73 Å². The van der Waals surface area contributed by atoms with E-state index in [2.05, 4.69) is 0 Å². The third-order valence-electron chi connectivity index (χ3n) is 1.72. The van der Waals surface area contributed by atoms with Crippen LogP contribution in [0.1, 0.15) is 24.1 Å². The first-order valence-corrected chi connectivity index (χ1v) is 4.93. The Morgan fingerprint density at radius 1 is 1.75 bits per heavy atom. The predicted molar refractivity (Wildman–Crippen MR) is 54.3 cm³/mol. The lowest BCUT2D eigenvalue weighted by atomic mass is 10.0. The van der Waals surface area contributed by atoms with Crippen LogP contribution in [-0.4, -0.2) is 5.84 Å². The minimum Gasteiger partial charge on any atom is -0.387 e. The number of halogens is 1. The van der Waals surface area contributed by atoms with Crippen LogP contribution >= 0.6 is 22.9 Å². The molecular weight excluding hydrogens is 192 g/mol. The number of rotatable bonds is 3. The molecule has 1 unspecified atom stereocenters. The van der Waals surface area contributed by atoms with Gasteiger partial charge in [0.05, 0.1) is 16.1 Å². The molecule has 1 atom stereocenters. The van der Waals surface area contributed by atoms with Gasteiger partial charge in [0, 0.05) is 4.88 Å². The van der Waals surface area contributed by atoms with Gasteiger partial charge in [-0.05, 0) is 18.6 Å². The third-order valence-corrected chi connectivity index (χ3v) is 3.07. The molecule has 0 aromatic carbocycles. The van der Waals surface area contributed by atoms with Crippen LogP contribution in [0.15, 0.2) is 12.1 Å². The van der Waals surface area contributed by atoms with Crippen molar-refractivity contribution in [1.82, 2.24) is 0 Å². The number of nitrogens with two attached hydrogens (primary N) is 1. The topological polar surface area (TPSA) is 49.9 Å². The standard InChI is InChI=1S/C8H11ClN2S/c1-2-5(8(10)11)6-3-4-7(9)12-6/h3-5H,2H2,1H3,(H3,10,11). The number of nitrogens with one attached hydrogen (secondary N) is 1. The zero-order valence-electron chi connectivity index (χ0n) is 6.80. The van der Waals surface area contributed by atoms with Gasteiger partial charge in [-0.3, -0.25) is 5.41 Å². The van der Waals surface area contributed by atoms with Gasteiger partial charge in [0.2, 0.25) is 0 Å². The molecule has 12 heavy (non-hydrogen) atoms. The molecule has 0 aliphatic rings. The first-order valence-electron chi connectivity index (χ1n) is 3.74. The van der Waals surface area contributed by atoms with Crippen LogP contribution < -0.4 is 5.73 Å². The zero-order valence-corrected chi connectivity index (χ0v) is 8.38. The maximum Gasteiger partial charge on any atom is 0.0990 e. The Morgan fingerprint density at radius 3 is 2.75 bits per heavy atom. The van der Waals surface area contributed by atoms with Gasteiger partial charge >= 0.3 is 0 Å². The Labute approximate surface area is 80.9 Å². The molecule has 3 N–H and O–H groups in total. The van der Waals surface area contributed by atoms with Crippen LogP contribution in [-0.2, 0) is 0 Å². The van der Waals surface area contributed by atoms with Crippen molar-refractivity contribution < 1.29 is 0 Å². The molecule has 1 heterocycles. The van der Waals surface area contributed by atoms with E-state index in [1.165, 1.54) is 11.3 Å². The van der Waals surface area contributed by atoms with Crippen LogP contribution in [0, 0.1) is 5.41 Å². The van der Waals surface area contributed by atoms with Gasteiger partial charge in [0.25, 0.3) is 0 Å². The normalized spacial score (nSPS) is 12.8. The first kappa shape index (κ1) is 9.55. The maximum absolute atomic E-state index is 7.34. The van der Waals surface area contributed by atoms with Crippen LogP contribution in [0.3, 0.4) is 0 Å². The van der Waals surface area contributed by atoms with E-state index >= 15 is 0 Å². The van der Waals surface area contributed by atoms with Crippen molar-refractivity contribution in [2.24, 2.45) is 5.73 Å². The Kier molecular flexibility index (Phi) is 3.12. The van der Waals surface area contributed by atoms with Crippen molar-refractivity contribution in [3.63, 3.8) is 0 Å². The van der Waals surface area contributed by atoms with Gasteiger partial charge in [-0.25, -0.2) is 0 Å². The summed E-state index contributed by atoms with van der Waals surface area (Å²) >= 11 is 7.27. The predicted octanol–water partition coefficient (Wildman–Crippen LogP) is 2.83. The van der Waals surface area contributed by atoms with E-state index in [9.17, 15) is 0 Å². The van der Waals surface area contributed by atoms with Gasteiger partial charge in [0.15, 0.2) is 0 Å². The Bertz CT molecular complexity index is 282. The van der Waals surface area contributed by atoms with E-state index < -0.39 is 0 Å². The quantitative estimate of drug-likeness (QED) is 0.575.